The Balaban J connectivity index is 1.29. The second-order valence-corrected chi connectivity index (χ2v) is 7.19. The predicted octanol–water partition coefficient (Wildman–Crippen LogP) is 2.96. The zero-order chi connectivity index (χ0) is 18.6. The predicted molar refractivity (Wildman–Crippen MR) is 102 cm³/mol. The summed E-state index contributed by atoms with van der Waals surface area (Å²) in [6.07, 6.45) is 2.05. The summed E-state index contributed by atoms with van der Waals surface area (Å²) in [5, 5.41) is 0. The van der Waals surface area contributed by atoms with E-state index in [2.05, 4.69) is 0 Å². The van der Waals surface area contributed by atoms with Gasteiger partial charge in [-0.25, -0.2) is 0 Å². The normalized spacial score (nSPS) is 16.9. The van der Waals surface area contributed by atoms with Crippen molar-refractivity contribution in [3.63, 3.8) is 0 Å². The van der Waals surface area contributed by atoms with Crippen molar-refractivity contribution in [3.8, 4) is 5.75 Å². The lowest BCUT2D eigenvalue weighted by molar-refractivity contribution is -0.134. The lowest BCUT2D eigenvalue weighted by atomic mass is 10.1. The molecule has 1 saturated heterocycles. The number of ether oxygens (including phenoxy) is 1. The Kier molecular flexibility index (Phi) is 5.10. The number of amides is 2. The van der Waals surface area contributed by atoms with Crippen LogP contribution in [0.15, 0.2) is 54.6 Å². The molecular formula is C22H24N2O3. The van der Waals surface area contributed by atoms with Gasteiger partial charge in [0.05, 0.1) is 0 Å². The zero-order valence-electron chi connectivity index (χ0n) is 15.3. The minimum Gasteiger partial charge on any atom is -0.489 e. The molecule has 1 aliphatic heterocycles. The van der Waals surface area contributed by atoms with E-state index in [4.69, 9.17) is 4.74 Å². The summed E-state index contributed by atoms with van der Waals surface area (Å²) in [6.45, 7) is 2.98. The highest BCUT2D eigenvalue weighted by molar-refractivity contribution is 5.94. The molecule has 2 fully saturated rings. The summed E-state index contributed by atoms with van der Waals surface area (Å²) in [6, 6.07) is 17.3. The van der Waals surface area contributed by atoms with Gasteiger partial charge in [0.2, 0.25) is 5.91 Å². The third-order valence-corrected chi connectivity index (χ3v) is 5.15. The van der Waals surface area contributed by atoms with E-state index in [1.165, 1.54) is 0 Å². The lowest BCUT2D eigenvalue weighted by Crippen LogP contribution is -2.51. The topological polar surface area (TPSA) is 49.9 Å². The van der Waals surface area contributed by atoms with Crippen LogP contribution in [0.5, 0.6) is 5.75 Å². The molecular weight excluding hydrogens is 340 g/mol. The molecule has 2 amide bonds. The minimum atomic E-state index is 0.0168. The van der Waals surface area contributed by atoms with Gasteiger partial charge >= 0.3 is 0 Å². The number of hydrogen-bond donors (Lipinski definition) is 0. The molecule has 0 radical (unpaired) electrons. The molecule has 0 N–H and O–H groups in total. The SMILES string of the molecule is O=C(c1ccc(OCc2ccccc2)cc1)N1CCN(C(=O)C2CC2)CC1. The van der Waals surface area contributed by atoms with E-state index in [9.17, 15) is 9.59 Å². The van der Waals surface area contributed by atoms with Crippen molar-refractivity contribution >= 4 is 11.8 Å². The van der Waals surface area contributed by atoms with E-state index in [1.54, 1.807) is 0 Å². The fraction of sp³-hybridized carbons (Fsp3) is 0.364. The largest absolute Gasteiger partial charge is 0.489 e. The van der Waals surface area contributed by atoms with Crippen LogP contribution in [0.25, 0.3) is 0 Å². The Labute approximate surface area is 159 Å². The van der Waals surface area contributed by atoms with E-state index in [0.717, 1.165) is 24.2 Å². The molecule has 140 valence electrons. The molecule has 27 heavy (non-hydrogen) atoms. The second kappa shape index (κ2) is 7.82. The van der Waals surface area contributed by atoms with Crippen molar-refractivity contribution in [2.75, 3.05) is 26.2 Å². The molecule has 0 aromatic heterocycles. The van der Waals surface area contributed by atoms with E-state index < -0.39 is 0 Å². The monoisotopic (exact) mass is 364 g/mol. The standard InChI is InChI=1S/C22H24N2O3/c25-21(18-6-7-18)23-12-14-24(15-13-23)22(26)19-8-10-20(11-9-19)27-16-17-4-2-1-3-5-17/h1-5,8-11,18H,6-7,12-16H2. The van der Waals surface area contributed by atoms with Gasteiger partial charge in [-0.15, -0.1) is 0 Å². The van der Waals surface area contributed by atoms with E-state index in [-0.39, 0.29) is 17.7 Å². The average Bonchev–Trinajstić information content (AvgIpc) is 3.58. The number of nitrogens with zero attached hydrogens (tertiary/aromatic N) is 2. The zero-order valence-corrected chi connectivity index (χ0v) is 15.3. The van der Waals surface area contributed by atoms with Crippen molar-refractivity contribution in [2.24, 2.45) is 5.92 Å². The smallest absolute Gasteiger partial charge is 0.253 e. The number of benzene rings is 2. The van der Waals surface area contributed by atoms with Gasteiger partial charge in [-0.2, -0.15) is 0 Å². The summed E-state index contributed by atoms with van der Waals surface area (Å²) in [4.78, 5) is 28.5. The van der Waals surface area contributed by atoms with Crippen LogP contribution in [0, 0.1) is 5.92 Å². The quantitative estimate of drug-likeness (QED) is 0.820. The molecule has 5 heteroatoms. The highest BCUT2D eigenvalue weighted by Crippen LogP contribution is 2.31. The van der Waals surface area contributed by atoms with Gasteiger partial charge in [0.25, 0.3) is 5.91 Å². The molecule has 2 aromatic carbocycles. The molecule has 0 bridgehead atoms. The van der Waals surface area contributed by atoms with Gasteiger partial charge in [0.1, 0.15) is 12.4 Å². The van der Waals surface area contributed by atoms with Crippen LogP contribution >= 0.6 is 0 Å². The lowest BCUT2D eigenvalue weighted by Gasteiger charge is -2.35. The Hall–Kier alpha value is -2.82. The first-order valence-corrected chi connectivity index (χ1v) is 9.55. The highest BCUT2D eigenvalue weighted by atomic mass is 16.5. The van der Waals surface area contributed by atoms with Gasteiger partial charge < -0.3 is 14.5 Å². The molecule has 0 unspecified atom stereocenters. The van der Waals surface area contributed by atoms with E-state index >= 15 is 0 Å². The Morgan fingerprint density at radius 3 is 2.11 bits per heavy atom. The van der Waals surface area contributed by atoms with Gasteiger partial charge in [-0.1, -0.05) is 30.3 Å². The number of carbonyl (C=O) groups excluding carboxylic acids is 2. The molecule has 5 nitrogen and oxygen atoms in total. The summed E-state index contributed by atoms with van der Waals surface area (Å²) in [7, 11) is 0. The van der Waals surface area contributed by atoms with Crippen LogP contribution in [0.4, 0.5) is 0 Å². The maximum absolute atomic E-state index is 12.7. The number of carbonyl (C=O) groups is 2. The number of hydrogen-bond acceptors (Lipinski definition) is 3. The molecule has 1 heterocycles. The maximum Gasteiger partial charge on any atom is 0.253 e. The van der Waals surface area contributed by atoms with Crippen LogP contribution in [0.3, 0.4) is 0 Å². The first-order valence-electron chi connectivity index (χ1n) is 9.55. The summed E-state index contributed by atoms with van der Waals surface area (Å²) in [5.41, 5.74) is 1.76. The van der Waals surface area contributed by atoms with Crippen LogP contribution in [0.2, 0.25) is 0 Å². The van der Waals surface area contributed by atoms with Crippen LogP contribution in [-0.2, 0) is 11.4 Å². The van der Waals surface area contributed by atoms with Crippen LogP contribution in [0.1, 0.15) is 28.8 Å². The molecule has 2 aliphatic rings. The third kappa shape index (κ3) is 4.30. The van der Waals surface area contributed by atoms with Crippen molar-refractivity contribution in [2.45, 2.75) is 19.4 Å². The summed E-state index contributed by atoms with van der Waals surface area (Å²) in [5.74, 6) is 1.27. The first kappa shape index (κ1) is 17.6. The Bertz CT molecular complexity index is 792. The molecule has 4 rings (SSSR count). The van der Waals surface area contributed by atoms with Crippen molar-refractivity contribution in [1.82, 2.24) is 9.80 Å². The highest BCUT2D eigenvalue weighted by Gasteiger charge is 2.35. The average molecular weight is 364 g/mol. The van der Waals surface area contributed by atoms with Gasteiger partial charge in [-0.05, 0) is 42.7 Å². The summed E-state index contributed by atoms with van der Waals surface area (Å²) >= 11 is 0. The third-order valence-electron chi connectivity index (χ3n) is 5.15. The molecule has 1 aliphatic carbocycles. The van der Waals surface area contributed by atoms with Gasteiger partial charge in [0, 0.05) is 37.7 Å². The van der Waals surface area contributed by atoms with Gasteiger partial charge in [0.15, 0.2) is 0 Å². The van der Waals surface area contributed by atoms with E-state index in [1.807, 2.05) is 64.4 Å². The Morgan fingerprint density at radius 2 is 1.48 bits per heavy atom. The molecule has 0 atom stereocenters. The molecule has 0 spiro atoms. The van der Waals surface area contributed by atoms with Crippen LogP contribution < -0.4 is 4.74 Å². The fourth-order valence-electron chi connectivity index (χ4n) is 3.34. The van der Waals surface area contributed by atoms with Crippen molar-refractivity contribution in [1.29, 1.82) is 0 Å². The van der Waals surface area contributed by atoms with Crippen LogP contribution in [-0.4, -0.2) is 47.8 Å². The fourth-order valence-corrected chi connectivity index (χ4v) is 3.34. The number of rotatable bonds is 5. The molecule has 1 saturated carbocycles. The Morgan fingerprint density at radius 1 is 0.852 bits per heavy atom. The molecule has 2 aromatic rings. The summed E-state index contributed by atoms with van der Waals surface area (Å²) < 4.78 is 5.77. The first-order chi connectivity index (χ1) is 13.2. The second-order valence-electron chi connectivity index (χ2n) is 7.19. The minimum absolute atomic E-state index is 0.0168. The van der Waals surface area contributed by atoms with Crippen molar-refractivity contribution in [3.05, 3.63) is 65.7 Å². The van der Waals surface area contributed by atoms with E-state index in [0.29, 0.717) is 38.3 Å². The maximum atomic E-state index is 12.7. The van der Waals surface area contributed by atoms with Gasteiger partial charge in [-0.3, -0.25) is 9.59 Å². The number of piperazine rings is 1. The van der Waals surface area contributed by atoms with Crippen molar-refractivity contribution < 1.29 is 14.3 Å².